The van der Waals surface area contributed by atoms with E-state index in [0.717, 1.165) is 5.69 Å². The van der Waals surface area contributed by atoms with Gasteiger partial charge in [0.25, 0.3) is 5.91 Å². The topological polar surface area (TPSA) is 66.9 Å². The average molecular weight is 455 g/mol. The maximum atomic E-state index is 13.1. The van der Waals surface area contributed by atoms with Gasteiger partial charge in [-0.15, -0.1) is 0 Å². The van der Waals surface area contributed by atoms with Gasteiger partial charge in [-0.05, 0) is 60.7 Å². The average Bonchev–Trinajstić information content (AvgIpc) is 2.84. The second kappa shape index (κ2) is 9.40. The molecule has 32 heavy (non-hydrogen) atoms. The Bertz CT molecular complexity index is 1160. The van der Waals surface area contributed by atoms with E-state index in [4.69, 9.17) is 4.74 Å². The predicted octanol–water partition coefficient (Wildman–Crippen LogP) is 3.39. The molecule has 0 radical (unpaired) electrons. The van der Waals surface area contributed by atoms with Crippen molar-refractivity contribution in [3.63, 3.8) is 0 Å². The minimum atomic E-state index is -3.59. The number of piperazine rings is 1. The van der Waals surface area contributed by atoms with Crippen molar-refractivity contribution in [3.8, 4) is 5.75 Å². The molecule has 1 aliphatic rings. The van der Waals surface area contributed by atoms with E-state index in [9.17, 15) is 17.6 Å². The first kappa shape index (κ1) is 21.8. The molecule has 0 unspecified atom stereocenters. The van der Waals surface area contributed by atoms with Crippen molar-refractivity contribution < 1.29 is 22.3 Å². The van der Waals surface area contributed by atoms with Gasteiger partial charge in [0.2, 0.25) is 9.84 Å². The molecule has 1 heterocycles. The number of ether oxygens (including phenoxy) is 1. The lowest BCUT2D eigenvalue weighted by Crippen LogP contribution is -2.50. The van der Waals surface area contributed by atoms with Gasteiger partial charge in [0, 0.05) is 31.9 Å². The highest BCUT2D eigenvalue weighted by atomic mass is 32.2. The minimum absolute atomic E-state index is 0.124. The number of nitrogens with zero attached hydrogens (tertiary/aromatic N) is 2. The first-order valence-electron chi connectivity index (χ1n) is 10.2. The molecule has 1 fully saturated rings. The van der Waals surface area contributed by atoms with Crippen LogP contribution in [0.3, 0.4) is 0 Å². The Morgan fingerprint density at radius 3 is 2.03 bits per heavy atom. The van der Waals surface area contributed by atoms with E-state index >= 15 is 0 Å². The van der Waals surface area contributed by atoms with Crippen LogP contribution in [-0.2, 0) is 14.6 Å². The van der Waals surface area contributed by atoms with Gasteiger partial charge in [0.15, 0.2) is 6.61 Å². The fourth-order valence-electron chi connectivity index (χ4n) is 3.55. The maximum absolute atomic E-state index is 13.1. The summed E-state index contributed by atoms with van der Waals surface area (Å²) in [4.78, 5) is 16.7. The van der Waals surface area contributed by atoms with Crippen molar-refractivity contribution in [2.24, 2.45) is 0 Å². The van der Waals surface area contributed by atoms with Gasteiger partial charge in [0.1, 0.15) is 11.6 Å². The van der Waals surface area contributed by atoms with Crippen LogP contribution in [0.5, 0.6) is 5.75 Å². The van der Waals surface area contributed by atoms with Gasteiger partial charge >= 0.3 is 0 Å². The molecule has 166 valence electrons. The summed E-state index contributed by atoms with van der Waals surface area (Å²) in [6, 6.07) is 20.6. The van der Waals surface area contributed by atoms with Crippen LogP contribution in [0.2, 0.25) is 0 Å². The second-order valence-electron chi connectivity index (χ2n) is 7.42. The minimum Gasteiger partial charge on any atom is -0.484 e. The van der Waals surface area contributed by atoms with Crippen LogP contribution in [0, 0.1) is 5.82 Å². The summed E-state index contributed by atoms with van der Waals surface area (Å²) >= 11 is 0. The molecule has 8 heteroatoms. The number of carbonyl (C=O) groups excluding carboxylic acids is 1. The first-order chi connectivity index (χ1) is 15.4. The fourth-order valence-corrected chi connectivity index (χ4v) is 4.84. The van der Waals surface area contributed by atoms with Crippen LogP contribution < -0.4 is 9.64 Å². The van der Waals surface area contributed by atoms with E-state index in [-0.39, 0.29) is 28.1 Å². The second-order valence-corrected chi connectivity index (χ2v) is 9.37. The molecule has 0 saturated carbocycles. The molecule has 0 atom stereocenters. The molecule has 0 bridgehead atoms. The molecule has 1 amide bonds. The van der Waals surface area contributed by atoms with Crippen molar-refractivity contribution >= 4 is 21.4 Å². The number of hydrogen-bond donors (Lipinski definition) is 0. The van der Waals surface area contributed by atoms with Crippen molar-refractivity contribution in [1.29, 1.82) is 0 Å². The molecule has 1 saturated heterocycles. The highest BCUT2D eigenvalue weighted by molar-refractivity contribution is 7.91. The molecule has 0 spiro atoms. The third-order valence-corrected chi connectivity index (χ3v) is 7.16. The monoisotopic (exact) mass is 454 g/mol. The lowest BCUT2D eigenvalue weighted by molar-refractivity contribution is -0.133. The lowest BCUT2D eigenvalue weighted by Gasteiger charge is -2.36. The van der Waals surface area contributed by atoms with E-state index in [2.05, 4.69) is 4.90 Å². The number of benzene rings is 3. The van der Waals surface area contributed by atoms with Gasteiger partial charge in [-0.25, -0.2) is 12.8 Å². The molecule has 0 aromatic heterocycles. The van der Waals surface area contributed by atoms with E-state index in [1.165, 1.54) is 24.3 Å². The Kier molecular flexibility index (Phi) is 6.41. The molecule has 6 nitrogen and oxygen atoms in total. The Hall–Kier alpha value is -3.39. The quantitative estimate of drug-likeness (QED) is 0.571. The zero-order valence-electron chi connectivity index (χ0n) is 17.4. The van der Waals surface area contributed by atoms with E-state index < -0.39 is 9.84 Å². The Morgan fingerprint density at radius 2 is 1.41 bits per heavy atom. The van der Waals surface area contributed by atoms with Gasteiger partial charge in [-0.3, -0.25) is 4.79 Å². The Morgan fingerprint density at radius 1 is 0.812 bits per heavy atom. The predicted molar refractivity (Wildman–Crippen MR) is 119 cm³/mol. The summed E-state index contributed by atoms with van der Waals surface area (Å²) in [6.07, 6.45) is 0. The molecular formula is C24H23FN2O4S. The zero-order valence-corrected chi connectivity index (χ0v) is 18.2. The van der Waals surface area contributed by atoms with Crippen LogP contribution in [-0.4, -0.2) is 52.0 Å². The number of halogens is 1. The molecule has 0 aliphatic carbocycles. The van der Waals surface area contributed by atoms with Gasteiger partial charge < -0.3 is 14.5 Å². The van der Waals surface area contributed by atoms with Crippen molar-refractivity contribution in [2.45, 2.75) is 9.79 Å². The summed E-state index contributed by atoms with van der Waals surface area (Å²) in [5.41, 5.74) is 0.931. The fraction of sp³-hybridized carbons (Fsp3) is 0.208. The molecule has 4 rings (SSSR count). The van der Waals surface area contributed by atoms with Crippen molar-refractivity contribution in [1.82, 2.24) is 4.90 Å². The van der Waals surface area contributed by atoms with E-state index in [0.29, 0.717) is 31.9 Å². The summed E-state index contributed by atoms with van der Waals surface area (Å²) in [5, 5.41) is 0. The van der Waals surface area contributed by atoms with Crippen LogP contribution in [0.15, 0.2) is 88.7 Å². The number of rotatable bonds is 6. The van der Waals surface area contributed by atoms with Gasteiger partial charge in [-0.2, -0.15) is 0 Å². The Labute approximate surface area is 186 Å². The molecular weight excluding hydrogens is 431 g/mol. The largest absolute Gasteiger partial charge is 0.484 e. The third-order valence-electron chi connectivity index (χ3n) is 5.37. The van der Waals surface area contributed by atoms with E-state index in [1.54, 1.807) is 59.5 Å². The highest BCUT2D eigenvalue weighted by Crippen LogP contribution is 2.23. The molecule has 3 aromatic carbocycles. The van der Waals surface area contributed by atoms with Crippen LogP contribution in [0.25, 0.3) is 0 Å². The molecule has 1 aliphatic heterocycles. The SMILES string of the molecule is O=C(COc1ccc(S(=O)(=O)c2ccccc2)cc1)N1CCN(c2ccc(F)cc2)CC1. The summed E-state index contributed by atoms with van der Waals surface area (Å²) in [6.45, 7) is 2.29. The number of anilines is 1. The third kappa shape index (κ3) is 4.91. The lowest BCUT2D eigenvalue weighted by atomic mass is 10.2. The summed E-state index contributed by atoms with van der Waals surface area (Å²) in [7, 11) is -3.59. The van der Waals surface area contributed by atoms with Crippen LogP contribution in [0.1, 0.15) is 0 Å². The Balaban J connectivity index is 1.29. The number of carbonyl (C=O) groups is 1. The summed E-state index contributed by atoms with van der Waals surface area (Å²) < 4.78 is 43.9. The zero-order chi connectivity index (χ0) is 22.6. The van der Waals surface area contributed by atoms with Gasteiger partial charge in [-0.1, -0.05) is 18.2 Å². The number of hydrogen-bond acceptors (Lipinski definition) is 5. The molecule has 3 aromatic rings. The van der Waals surface area contributed by atoms with Crippen molar-refractivity contribution in [2.75, 3.05) is 37.7 Å². The maximum Gasteiger partial charge on any atom is 0.260 e. The number of amides is 1. The number of sulfone groups is 1. The standard InChI is InChI=1S/C24H23FN2O4S/c25-19-6-8-20(9-7-19)26-14-16-27(17-15-26)24(28)18-31-21-10-12-23(13-11-21)32(29,30)22-4-2-1-3-5-22/h1-13H,14-18H2. The highest BCUT2D eigenvalue weighted by Gasteiger charge is 2.22. The van der Waals surface area contributed by atoms with Crippen LogP contribution in [0.4, 0.5) is 10.1 Å². The summed E-state index contributed by atoms with van der Waals surface area (Å²) in [5.74, 6) is 0.0189. The normalized spacial score (nSPS) is 14.3. The first-order valence-corrected chi connectivity index (χ1v) is 11.7. The van der Waals surface area contributed by atoms with Crippen molar-refractivity contribution in [3.05, 3.63) is 84.7 Å². The van der Waals surface area contributed by atoms with Gasteiger partial charge in [0.05, 0.1) is 9.79 Å². The van der Waals surface area contributed by atoms with Crippen LogP contribution >= 0.6 is 0 Å². The van der Waals surface area contributed by atoms with E-state index in [1.807, 2.05) is 0 Å². The molecule has 0 N–H and O–H groups in total. The smallest absolute Gasteiger partial charge is 0.260 e.